The van der Waals surface area contributed by atoms with Gasteiger partial charge in [-0.2, -0.15) is 8.78 Å². The topological polar surface area (TPSA) is 70.6 Å². The van der Waals surface area contributed by atoms with Crippen molar-refractivity contribution in [1.82, 2.24) is 5.32 Å². The van der Waals surface area contributed by atoms with Gasteiger partial charge in [0.1, 0.15) is 5.84 Å². The number of benzene rings is 1. The van der Waals surface area contributed by atoms with E-state index in [0.717, 1.165) is 0 Å². The minimum absolute atomic E-state index is 0.0835. The second-order valence-corrected chi connectivity index (χ2v) is 4.20. The Hall–Kier alpha value is -1.83. The number of nitrogens with zero attached hydrogens (tertiary/aromatic N) is 1. The van der Waals surface area contributed by atoms with Crippen LogP contribution in [0.15, 0.2) is 35.5 Å². The molecular formula is C12H15F4N3O. The Labute approximate surface area is 113 Å². The van der Waals surface area contributed by atoms with Crippen LogP contribution in [0.3, 0.4) is 0 Å². The summed E-state index contributed by atoms with van der Waals surface area (Å²) in [5.41, 5.74) is 5.91. The van der Waals surface area contributed by atoms with Crippen LogP contribution < -0.4 is 11.1 Å². The molecule has 4 N–H and O–H groups in total. The normalized spacial score (nSPS) is 14.6. The summed E-state index contributed by atoms with van der Waals surface area (Å²) in [6.07, 6.45) is -3.84. The maximum absolute atomic E-state index is 12.9. The predicted molar refractivity (Wildman–Crippen MR) is 66.2 cm³/mol. The maximum atomic E-state index is 12.9. The first-order valence-electron chi connectivity index (χ1n) is 5.77. The fraction of sp³-hybridized carbons (Fsp3) is 0.417. The van der Waals surface area contributed by atoms with Gasteiger partial charge >= 0.3 is 12.3 Å². The van der Waals surface area contributed by atoms with Crippen LogP contribution in [0.2, 0.25) is 0 Å². The Morgan fingerprint density at radius 1 is 1.30 bits per heavy atom. The summed E-state index contributed by atoms with van der Waals surface area (Å²) in [7, 11) is 0. The van der Waals surface area contributed by atoms with Crippen molar-refractivity contribution in [2.45, 2.75) is 24.8 Å². The van der Waals surface area contributed by atoms with Crippen molar-refractivity contribution in [2.75, 3.05) is 6.54 Å². The molecular weight excluding hydrogens is 278 g/mol. The van der Waals surface area contributed by atoms with E-state index in [1.807, 2.05) is 0 Å². The van der Waals surface area contributed by atoms with Gasteiger partial charge in [-0.1, -0.05) is 35.5 Å². The summed E-state index contributed by atoms with van der Waals surface area (Å²) in [5.74, 6) is -4.33. The highest BCUT2D eigenvalue weighted by Gasteiger charge is 2.40. The van der Waals surface area contributed by atoms with Gasteiger partial charge in [0, 0.05) is 12.5 Å². The maximum Gasteiger partial charge on any atom is 0.319 e. The Balaban J connectivity index is 2.79. The molecule has 112 valence electrons. The molecule has 4 nitrogen and oxygen atoms in total. The SMILES string of the molecule is N/C(CC(NCC(F)(F)C(F)F)c1ccccc1)=N/O. The van der Waals surface area contributed by atoms with Gasteiger partial charge in [-0.25, -0.2) is 8.78 Å². The second-order valence-electron chi connectivity index (χ2n) is 4.20. The molecule has 1 atom stereocenters. The smallest absolute Gasteiger partial charge is 0.319 e. The van der Waals surface area contributed by atoms with Gasteiger partial charge in [0.25, 0.3) is 0 Å². The minimum atomic E-state index is -4.14. The van der Waals surface area contributed by atoms with E-state index in [1.165, 1.54) is 0 Å². The molecule has 0 bridgehead atoms. The molecule has 0 saturated heterocycles. The van der Waals surface area contributed by atoms with Crippen LogP contribution in [0.25, 0.3) is 0 Å². The lowest BCUT2D eigenvalue weighted by Gasteiger charge is -2.22. The lowest BCUT2D eigenvalue weighted by molar-refractivity contribution is -0.126. The summed E-state index contributed by atoms with van der Waals surface area (Å²) in [6, 6.07) is 7.56. The number of rotatable bonds is 7. The highest BCUT2D eigenvalue weighted by molar-refractivity contribution is 5.80. The number of hydrogen-bond acceptors (Lipinski definition) is 3. The Kier molecular flexibility index (Phi) is 5.75. The van der Waals surface area contributed by atoms with Gasteiger partial charge in [-0.3, -0.25) is 0 Å². The van der Waals surface area contributed by atoms with E-state index in [2.05, 4.69) is 10.5 Å². The zero-order valence-corrected chi connectivity index (χ0v) is 10.4. The van der Waals surface area contributed by atoms with Crippen LogP contribution in [0.4, 0.5) is 17.6 Å². The van der Waals surface area contributed by atoms with Crippen LogP contribution in [-0.2, 0) is 0 Å². The summed E-state index contributed by atoms with van der Waals surface area (Å²) in [5, 5.41) is 13.6. The molecule has 0 saturated carbocycles. The number of nitrogens with one attached hydrogen (secondary N) is 1. The highest BCUT2D eigenvalue weighted by Crippen LogP contribution is 2.24. The molecule has 0 aliphatic carbocycles. The van der Waals surface area contributed by atoms with E-state index < -0.39 is 24.9 Å². The molecule has 0 aromatic heterocycles. The van der Waals surface area contributed by atoms with Crippen LogP contribution in [0.1, 0.15) is 18.0 Å². The van der Waals surface area contributed by atoms with Crippen molar-refractivity contribution >= 4 is 5.84 Å². The first-order chi connectivity index (χ1) is 9.36. The van der Waals surface area contributed by atoms with Gasteiger partial charge in [0.05, 0.1) is 6.54 Å². The molecule has 20 heavy (non-hydrogen) atoms. The van der Waals surface area contributed by atoms with Gasteiger partial charge in [0.2, 0.25) is 0 Å². The Morgan fingerprint density at radius 3 is 2.40 bits per heavy atom. The highest BCUT2D eigenvalue weighted by atomic mass is 19.3. The first-order valence-corrected chi connectivity index (χ1v) is 5.77. The predicted octanol–water partition coefficient (Wildman–Crippen LogP) is 2.35. The van der Waals surface area contributed by atoms with Gasteiger partial charge < -0.3 is 16.3 Å². The summed E-state index contributed by atoms with van der Waals surface area (Å²) < 4.78 is 50.1. The molecule has 0 aliphatic rings. The summed E-state index contributed by atoms with van der Waals surface area (Å²) in [4.78, 5) is 0. The molecule has 8 heteroatoms. The van der Waals surface area contributed by atoms with E-state index in [9.17, 15) is 17.6 Å². The van der Waals surface area contributed by atoms with Gasteiger partial charge in [-0.15, -0.1) is 0 Å². The van der Waals surface area contributed by atoms with Crippen molar-refractivity contribution in [3.63, 3.8) is 0 Å². The largest absolute Gasteiger partial charge is 0.409 e. The average Bonchev–Trinajstić information content (AvgIpc) is 2.43. The molecule has 1 rings (SSSR count). The third-order valence-electron chi connectivity index (χ3n) is 2.65. The molecule has 0 spiro atoms. The Bertz CT molecular complexity index is 440. The number of hydrogen-bond donors (Lipinski definition) is 3. The van der Waals surface area contributed by atoms with Crippen molar-refractivity contribution in [2.24, 2.45) is 10.9 Å². The molecule has 1 aromatic rings. The number of amidine groups is 1. The van der Waals surface area contributed by atoms with Gasteiger partial charge in [-0.05, 0) is 5.56 Å². The number of alkyl halides is 4. The molecule has 0 aliphatic heterocycles. The monoisotopic (exact) mass is 293 g/mol. The number of halogens is 4. The minimum Gasteiger partial charge on any atom is -0.409 e. The molecule has 1 unspecified atom stereocenters. The van der Waals surface area contributed by atoms with Crippen molar-refractivity contribution in [1.29, 1.82) is 0 Å². The van der Waals surface area contributed by atoms with Crippen molar-refractivity contribution in [3.8, 4) is 0 Å². The van der Waals surface area contributed by atoms with Crippen LogP contribution in [-0.4, -0.2) is 29.9 Å². The molecule has 0 fully saturated rings. The molecule has 1 aromatic carbocycles. The zero-order chi connectivity index (χ0) is 15.2. The Morgan fingerprint density at radius 2 is 1.90 bits per heavy atom. The lowest BCUT2D eigenvalue weighted by atomic mass is 10.0. The van der Waals surface area contributed by atoms with Crippen molar-refractivity contribution < 1.29 is 22.8 Å². The number of oxime groups is 1. The van der Waals surface area contributed by atoms with Crippen LogP contribution in [0.5, 0.6) is 0 Å². The molecule has 0 amide bonds. The first kappa shape index (κ1) is 16.2. The van der Waals surface area contributed by atoms with E-state index in [0.29, 0.717) is 5.56 Å². The standard InChI is InChI=1S/C12H15F4N3O/c13-11(14)12(15,16)7-18-9(6-10(17)19-20)8-4-2-1-3-5-8/h1-5,9,11,18,20H,6-7H2,(H2,17,19). The zero-order valence-electron chi connectivity index (χ0n) is 10.4. The quantitative estimate of drug-likeness (QED) is 0.238. The summed E-state index contributed by atoms with van der Waals surface area (Å²) >= 11 is 0. The third-order valence-corrected chi connectivity index (χ3v) is 2.65. The second kappa shape index (κ2) is 7.09. The third kappa shape index (κ3) is 4.69. The van der Waals surface area contributed by atoms with Crippen LogP contribution in [0, 0.1) is 0 Å². The van der Waals surface area contributed by atoms with E-state index in [4.69, 9.17) is 10.9 Å². The lowest BCUT2D eigenvalue weighted by Crippen LogP contribution is -2.41. The fourth-order valence-corrected chi connectivity index (χ4v) is 1.58. The van der Waals surface area contributed by atoms with E-state index >= 15 is 0 Å². The fourth-order valence-electron chi connectivity index (χ4n) is 1.58. The summed E-state index contributed by atoms with van der Waals surface area (Å²) in [6.45, 7) is -1.21. The average molecular weight is 293 g/mol. The van der Waals surface area contributed by atoms with E-state index in [1.54, 1.807) is 30.3 Å². The number of nitrogens with two attached hydrogens (primary N) is 1. The van der Waals surface area contributed by atoms with E-state index in [-0.39, 0.29) is 12.3 Å². The molecule has 0 heterocycles. The van der Waals surface area contributed by atoms with Crippen LogP contribution >= 0.6 is 0 Å². The van der Waals surface area contributed by atoms with Gasteiger partial charge in [0.15, 0.2) is 0 Å². The van der Waals surface area contributed by atoms with Crippen molar-refractivity contribution in [3.05, 3.63) is 35.9 Å². The molecule has 0 radical (unpaired) electrons.